The lowest BCUT2D eigenvalue weighted by Crippen LogP contribution is -2.11. The van der Waals surface area contributed by atoms with Gasteiger partial charge in [-0.05, 0) is 6.42 Å². The maximum absolute atomic E-state index is 10.6. The highest BCUT2D eigenvalue weighted by Crippen LogP contribution is 2.10. The fraction of sp³-hybridized carbons (Fsp3) is 0.286. The van der Waals surface area contributed by atoms with Crippen molar-refractivity contribution in [2.24, 2.45) is 0 Å². The van der Waals surface area contributed by atoms with E-state index in [0.717, 1.165) is 0 Å². The Morgan fingerprint density at radius 3 is 2.92 bits per heavy atom. The molecule has 1 aromatic heterocycles. The number of aromatic nitrogens is 2. The van der Waals surface area contributed by atoms with Gasteiger partial charge in [0.2, 0.25) is 0 Å². The number of nitrogens with zero attached hydrogens (tertiary/aromatic N) is 1. The van der Waals surface area contributed by atoms with Gasteiger partial charge in [-0.2, -0.15) is 0 Å². The van der Waals surface area contributed by atoms with Crippen LogP contribution >= 0.6 is 11.6 Å². The van der Waals surface area contributed by atoms with Crippen molar-refractivity contribution < 1.29 is 9.90 Å². The fourth-order valence-corrected chi connectivity index (χ4v) is 1.04. The first-order valence-corrected chi connectivity index (χ1v) is 3.93. The summed E-state index contributed by atoms with van der Waals surface area (Å²) in [5.41, 5.74) is -0.00672. The topological polar surface area (TPSA) is 83.0 Å². The molecular formula is C7H7ClN2O3. The summed E-state index contributed by atoms with van der Waals surface area (Å²) in [5, 5.41) is 8.54. The molecule has 13 heavy (non-hydrogen) atoms. The van der Waals surface area contributed by atoms with Gasteiger partial charge >= 0.3 is 11.7 Å². The fourth-order valence-electron chi connectivity index (χ4n) is 0.816. The number of aliphatic carboxylic acids is 1. The largest absolute Gasteiger partial charge is 0.481 e. The summed E-state index contributed by atoms with van der Waals surface area (Å²) < 4.78 is 0. The molecule has 0 amide bonds. The van der Waals surface area contributed by atoms with Gasteiger partial charge < -0.3 is 5.11 Å². The van der Waals surface area contributed by atoms with Crippen molar-refractivity contribution in [3.8, 4) is 0 Å². The third kappa shape index (κ3) is 2.87. The first-order valence-electron chi connectivity index (χ1n) is 3.55. The Morgan fingerprint density at radius 1 is 1.69 bits per heavy atom. The van der Waals surface area contributed by atoms with Crippen LogP contribution in [-0.2, 0) is 11.2 Å². The SMILES string of the molecule is O=C(O)CCc1cnc(=O)[nH]c1Cl. The molecule has 5 nitrogen and oxygen atoms in total. The highest BCUT2D eigenvalue weighted by atomic mass is 35.5. The van der Waals surface area contributed by atoms with E-state index in [0.29, 0.717) is 5.56 Å². The molecule has 0 unspecified atom stereocenters. The highest BCUT2D eigenvalue weighted by Gasteiger charge is 2.04. The van der Waals surface area contributed by atoms with Gasteiger partial charge in [-0.1, -0.05) is 11.6 Å². The first-order chi connectivity index (χ1) is 6.09. The molecule has 0 aromatic carbocycles. The van der Waals surface area contributed by atoms with Crippen molar-refractivity contribution in [2.45, 2.75) is 12.8 Å². The molecule has 0 aliphatic rings. The number of halogens is 1. The molecule has 0 saturated carbocycles. The van der Waals surface area contributed by atoms with Gasteiger partial charge in [-0.3, -0.25) is 9.78 Å². The van der Waals surface area contributed by atoms with Crippen LogP contribution in [0.25, 0.3) is 0 Å². The monoisotopic (exact) mass is 202 g/mol. The number of rotatable bonds is 3. The van der Waals surface area contributed by atoms with E-state index < -0.39 is 11.7 Å². The number of hydrogen-bond donors (Lipinski definition) is 2. The third-order valence-electron chi connectivity index (χ3n) is 1.44. The molecule has 2 N–H and O–H groups in total. The number of carboxylic acid groups (broad SMARTS) is 1. The molecule has 0 saturated heterocycles. The summed E-state index contributed by atoms with van der Waals surface area (Å²) in [6.07, 6.45) is 1.51. The van der Waals surface area contributed by atoms with Gasteiger partial charge in [0.1, 0.15) is 5.15 Å². The lowest BCUT2D eigenvalue weighted by molar-refractivity contribution is -0.136. The molecule has 0 radical (unpaired) electrons. The van der Waals surface area contributed by atoms with Crippen molar-refractivity contribution in [3.05, 3.63) is 27.4 Å². The average molecular weight is 203 g/mol. The minimum atomic E-state index is -0.915. The second-order valence-electron chi connectivity index (χ2n) is 2.42. The molecule has 1 heterocycles. The average Bonchev–Trinajstić information content (AvgIpc) is 2.02. The van der Waals surface area contributed by atoms with Crippen LogP contribution in [0.5, 0.6) is 0 Å². The Labute approximate surface area is 78.4 Å². The number of aromatic amines is 1. The van der Waals surface area contributed by atoms with Crippen LogP contribution in [0.2, 0.25) is 5.15 Å². The van der Waals surface area contributed by atoms with Crippen molar-refractivity contribution in [3.63, 3.8) is 0 Å². The quantitative estimate of drug-likeness (QED) is 0.697. The summed E-state index contributed by atoms with van der Waals surface area (Å²) in [7, 11) is 0. The standard InChI is InChI=1S/C7H7ClN2O3/c8-6-4(1-2-5(11)12)3-9-7(13)10-6/h3H,1-2H2,(H,11,12)(H,9,10,13). The minimum absolute atomic E-state index is 0.0343. The van der Waals surface area contributed by atoms with E-state index >= 15 is 0 Å². The van der Waals surface area contributed by atoms with E-state index in [1.54, 1.807) is 0 Å². The molecule has 0 bridgehead atoms. The summed E-state index contributed by atoms with van der Waals surface area (Å²) in [4.78, 5) is 26.5. The van der Waals surface area contributed by atoms with Gasteiger partial charge in [0.15, 0.2) is 0 Å². The molecular weight excluding hydrogens is 196 g/mol. The van der Waals surface area contributed by atoms with E-state index in [2.05, 4.69) is 9.97 Å². The third-order valence-corrected chi connectivity index (χ3v) is 1.78. The Kier molecular flexibility index (Phi) is 3.02. The van der Waals surface area contributed by atoms with Crippen LogP contribution in [0.3, 0.4) is 0 Å². The van der Waals surface area contributed by atoms with Crippen LogP contribution in [0.1, 0.15) is 12.0 Å². The smallest absolute Gasteiger partial charge is 0.346 e. The van der Waals surface area contributed by atoms with Gasteiger partial charge in [0.05, 0.1) is 0 Å². The summed E-state index contributed by atoms with van der Waals surface area (Å²) >= 11 is 5.62. The lowest BCUT2D eigenvalue weighted by atomic mass is 10.2. The van der Waals surface area contributed by atoms with Crippen molar-refractivity contribution in [2.75, 3.05) is 0 Å². The molecule has 1 aromatic rings. The number of aryl methyl sites for hydroxylation is 1. The molecule has 6 heteroatoms. The maximum atomic E-state index is 10.6. The van der Waals surface area contributed by atoms with Crippen molar-refractivity contribution >= 4 is 17.6 Å². The van der Waals surface area contributed by atoms with E-state index in [-0.39, 0.29) is 18.0 Å². The minimum Gasteiger partial charge on any atom is -0.481 e. The van der Waals surface area contributed by atoms with Crippen LogP contribution < -0.4 is 5.69 Å². The molecule has 0 atom stereocenters. The van der Waals surface area contributed by atoms with E-state index in [9.17, 15) is 9.59 Å². The molecule has 0 fully saturated rings. The Hall–Kier alpha value is -1.36. The molecule has 0 aliphatic carbocycles. The van der Waals surface area contributed by atoms with E-state index in [1.807, 2.05) is 0 Å². The molecule has 0 aliphatic heterocycles. The zero-order valence-electron chi connectivity index (χ0n) is 6.58. The number of nitrogens with one attached hydrogen (secondary N) is 1. The van der Waals surface area contributed by atoms with Crippen molar-refractivity contribution in [1.29, 1.82) is 0 Å². The summed E-state index contributed by atoms with van der Waals surface area (Å²) in [6, 6.07) is 0. The van der Waals surface area contributed by atoms with Crippen LogP contribution in [-0.4, -0.2) is 21.0 Å². The number of carbonyl (C=O) groups is 1. The Bertz CT molecular complexity index is 374. The van der Waals surface area contributed by atoms with Crippen molar-refractivity contribution in [1.82, 2.24) is 9.97 Å². The molecule has 0 spiro atoms. The van der Waals surface area contributed by atoms with E-state index in [1.165, 1.54) is 6.20 Å². The molecule has 1 rings (SSSR count). The van der Waals surface area contributed by atoms with Gasteiger partial charge in [0, 0.05) is 18.2 Å². The maximum Gasteiger partial charge on any atom is 0.346 e. The lowest BCUT2D eigenvalue weighted by Gasteiger charge is -1.99. The summed E-state index contributed by atoms with van der Waals surface area (Å²) in [6.45, 7) is 0. The predicted octanol–water partition coefficient (Wildman–Crippen LogP) is 0.441. The normalized spacial score (nSPS) is 9.92. The second-order valence-corrected chi connectivity index (χ2v) is 2.80. The zero-order valence-corrected chi connectivity index (χ0v) is 7.34. The van der Waals surface area contributed by atoms with Gasteiger partial charge in [0.25, 0.3) is 0 Å². The Balaban J connectivity index is 2.78. The first kappa shape index (κ1) is 9.73. The number of H-pyrrole nitrogens is 1. The number of carboxylic acids is 1. The highest BCUT2D eigenvalue weighted by molar-refractivity contribution is 6.30. The van der Waals surface area contributed by atoms with Crippen LogP contribution in [0.15, 0.2) is 11.0 Å². The molecule has 70 valence electrons. The van der Waals surface area contributed by atoms with Gasteiger partial charge in [-0.25, -0.2) is 9.78 Å². The van der Waals surface area contributed by atoms with Crippen LogP contribution in [0.4, 0.5) is 0 Å². The van der Waals surface area contributed by atoms with E-state index in [4.69, 9.17) is 16.7 Å². The zero-order chi connectivity index (χ0) is 9.84. The van der Waals surface area contributed by atoms with Gasteiger partial charge in [-0.15, -0.1) is 0 Å². The summed E-state index contributed by atoms with van der Waals surface area (Å²) in [5.74, 6) is -0.915. The number of hydrogen-bond acceptors (Lipinski definition) is 3. The Morgan fingerprint density at radius 2 is 2.38 bits per heavy atom. The second kappa shape index (κ2) is 4.04. The van der Waals surface area contributed by atoms with Crippen LogP contribution in [0, 0.1) is 0 Å². The predicted molar refractivity (Wildman–Crippen MR) is 45.8 cm³/mol.